The van der Waals surface area contributed by atoms with E-state index in [-0.39, 0.29) is 5.97 Å². The molecule has 24 heavy (non-hydrogen) atoms. The third-order valence-corrected chi connectivity index (χ3v) is 4.74. The molecule has 0 N–H and O–H groups in total. The fraction of sp³-hybridized carbons (Fsp3) is 0.227. The molecule has 0 heterocycles. The van der Waals surface area contributed by atoms with Gasteiger partial charge in [0.05, 0.1) is 0 Å². The SMILES string of the molecule is C=C(C)C(=O)OC1(C)C(=C/C)/C(=C\C)c2cccc3cccc1c23. The van der Waals surface area contributed by atoms with Gasteiger partial charge in [-0.05, 0) is 49.6 Å². The van der Waals surface area contributed by atoms with Crippen molar-refractivity contribution in [1.29, 1.82) is 0 Å². The maximum absolute atomic E-state index is 12.3. The Morgan fingerprint density at radius 2 is 1.79 bits per heavy atom. The first-order valence-electron chi connectivity index (χ1n) is 8.19. The predicted octanol–water partition coefficient (Wildman–Crippen LogP) is 5.54. The van der Waals surface area contributed by atoms with Crippen LogP contribution in [0.4, 0.5) is 0 Å². The maximum Gasteiger partial charge on any atom is 0.334 e. The first-order chi connectivity index (χ1) is 11.4. The number of carbonyl (C=O) groups is 1. The number of hydrogen-bond donors (Lipinski definition) is 0. The van der Waals surface area contributed by atoms with Crippen molar-refractivity contribution >= 4 is 22.3 Å². The average Bonchev–Trinajstić information content (AvgIpc) is 2.57. The van der Waals surface area contributed by atoms with E-state index in [4.69, 9.17) is 4.74 Å². The van der Waals surface area contributed by atoms with E-state index in [0.717, 1.165) is 27.5 Å². The van der Waals surface area contributed by atoms with Crippen LogP contribution in [0.5, 0.6) is 0 Å². The number of allylic oxidation sites excluding steroid dienone is 2. The van der Waals surface area contributed by atoms with Gasteiger partial charge in [0.25, 0.3) is 0 Å². The zero-order valence-corrected chi connectivity index (χ0v) is 14.6. The van der Waals surface area contributed by atoms with Crippen LogP contribution in [0.2, 0.25) is 0 Å². The number of rotatable bonds is 2. The summed E-state index contributed by atoms with van der Waals surface area (Å²) >= 11 is 0. The fourth-order valence-corrected chi connectivity index (χ4v) is 3.63. The van der Waals surface area contributed by atoms with Crippen molar-refractivity contribution in [3.8, 4) is 0 Å². The summed E-state index contributed by atoms with van der Waals surface area (Å²) in [5.41, 5.74) is 3.89. The third-order valence-electron chi connectivity index (χ3n) is 4.74. The van der Waals surface area contributed by atoms with E-state index >= 15 is 0 Å². The lowest BCUT2D eigenvalue weighted by Crippen LogP contribution is -2.34. The highest BCUT2D eigenvalue weighted by molar-refractivity contribution is 6.04. The molecule has 122 valence electrons. The molecule has 3 rings (SSSR count). The molecule has 0 spiro atoms. The zero-order valence-electron chi connectivity index (χ0n) is 14.6. The number of hydrogen-bond acceptors (Lipinski definition) is 2. The standard InChI is InChI=1S/C22H22O2/c1-6-16-17-12-8-10-15-11-9-13-19(20(15)17)22(5,18(16)7-2)24-21(23)14(3)4/h6-13H,3H2,1-2,4-5H3/b16-6-,18-7+. The minimum Gasteiger partial charge on any atom is -0.446 e. The molecule has 0 saturated carbocycles. The van der Waals surface area contributed by atoms with E-state index in [1.165, 1.54) is 5.56 Å². The Kier molecular flexibility index (Phi) is 3.92. The number of esters is 1. The summed E-state index contributed by atoms with van der Waals surface area (Å²) < 4.78 is 5.98. The van der Waals surface area contributed by atoms with Gasteiger partial charge in [0.1, 0.15) is 0 Å². The molecular weight excluding hydrogens is 296 g/mol. The van der Waals surface area contributed by atoms with E-state index in [1.54, 1.807) is 6.92 Å². The van der Waals surface area contributed by atoms with Crippen LogP contribution in [0.15, 0.2) is 66.3 Å². The number of carbonyl (C=O) groups excluding carboxylic acids is 1. The second kappa shape index (κ2) is 5.79. The van der Waals surface area contributed by atoms with Crippen LogP contribution in [-0.2, 0) is 15.1 Å². The highest BCUT2D eigenvalue weighted by Gasteiger charge is 2.42. The van der Waals surface area contributed by atoms with Gasteiger partial charge in [0.15, 0.2) is 5.60 Å². The molecule has 0 saturated heterocycles. The molecule has 0 bridgehead atoms. The monoisotopic (exact) mass is 318 g/mol. The van der Waals surface area contributed by atoms with Gasteiger partial charge in [0.2, 0.25) is 0 Å². The van der Waals surface area contributed by atoms with E-state index in [9.17, 15) is 4.79 Å². The summed E-state index contributed by atoms with van der Waals surface area (Å²) in [6.07, 6.45) is 4.13. The molecule has 0 amide bonds. The van der Waals surface area contributed by atoms with Gasteiger partial charge >= 0.3 is 5.97 Å². The molecule has 0 aliphatic heterocycles. The molecule has 1 atom stereocenters. The minimum atomic E-state index is -0.833. The molecule has 2 aromatic rings. The summed E-state index contributed by atoms with van der Waals surface area (Å²) in [4.78, 5) is 12.3. The van der Waals surface area contributed by atoms with E-state index < -0.39 is 5.60 Å². The molecule has 1 aliphatic carbocycles. The predicted molar refractivity (Wildman–Crippen MR) is 99.6 cm³/mol. The average molecular weight is 318 g/mol. The van der Waals surface area contributed by atoms with E-state index in [1.807, 2.05) is 39.0 Å². The van der Waals surface area contributed by atoms with Crippen LogP contribution >= 0.6 is 0 Å². The summed E-state index contributed by atoms with van der Waals surface area (Å²) in [6, 6.07) is 12.5. The summed E-state index contributed by atoms with van der Waals surface area (Å²) in [7, 11) is 0. The lowest BCUT2D eigenvalue weighted by molar-refractivity contribution is -0.150. The highest BCUT2D eigenvalue weighted by Crippen LogP contribution is 2.50. The molecule has 0 fully saturated rings. The Hall–Kier alpha value is -2.61. The van der Waals surface area contributed by atoms with Gasteiger partial charge in [-0.15, -0.1) is 0 Å². The molecule has 2 nitrogen and oxygen atoms in total. The van der Waals surface area contributed by atoms with Crippen molar-refractivity contribution in [3.05, 3.63) is 77.4 Å². The summed E-state index contributed by atoms with van der Waals surface area (Å²) in [5, 5.41) is 2.30. The van der Waals surface area contributed by atoms with Crippen LogP contribution in [-0.4, -0.2) is 5.97 Å². The van der Waals surface area contributed by atoms with Crippen LogP contribution in [0.1, 0.15) is 38.8 Å². The second-order valence-electron chi connectivity index (χ2n) is 6.32. The largest absolute Gasteiger partial charge is 0.446 e. The van der Waals surface area contributed by atoms with Crippen molar-refractivity contribution in [1.82, 2.24) is 0 Å². The number of benzene rings is 2. The van der Waals surface area contributed by atoms with Crippen molar-refractivity contribution < 1.29 is 9.53 Å². The van der Waals surface area contributed by atoms with Crippen molar-refractivity contribution in [2.75, 3.05) is 0 Å². The Balaban J connectivity index is 2.39. The molecule has 1 unspecified atom stereocenters. The first kappa shape index (κ1) is 16.3. The Morgan fingerprint density at radius 3 is 2.38 bits per heavy atom. The minimum absolute atomic E-state index is 0.372. The molecule has 2 heteroatoms. The highest BCUT2D eigenvalue weighted by atomic mass is 16.6. The van der Waals surface area contributed by atoms with Crippen molar-refractivity contribution in [2.24, 2.45) is 0 Å². The topological polar surface area (TPSA) is 26.3 Å². The second-order valence-corrected chi connectivity index (χ2v) is 6.32. The molecular formula is C22H22O2. The van der Waals surface area contributed by atoms with Gasteiger partial charge in [-0.1, -0.05) is 55.1 Å². The lowest BCUT2D eigenvalue weighted by atomic mass is 9.72. The molecule has 0 radical (unpaired) electrons. The van der Waals surface area contributed by atoms with Crippen LogP contribution in [0.25, 0.3) is 16.3 Å². The van der Waals surface area contributed by atoms with Crippen LogP contribution < -0.4 is 0 Å². The van der Waals surface area contributed by atoms with Crippen molar-refractivity contribution in [3.63, 3.8) is 0 Å². The van der Waals surface area contributed by atoms with Crippen LogP contribution in [0.3, 0.4) is 0 Å². The van der Waals surface area contributed by atoms with Gasteiger partial charge in [-0.2, -0.15) is 0 Å². The summed E-state index contributed by atoms with van der Waals surface area (Å²) in [5.74, 6) is -0.372. The summed E-state index contributed by atoms with van der Waals surface area (Å²) in [6.45, 7) is 11.4. The molecule has 2 aromatic carbocycles. The third kappa shape index (κ3) is 2.22. The molecule has 1 aliphatic rings. The van der Waals surface area contributed by atoms with E-state index in [2.05, 4.69) is 36.9 Å². The number of ether oxygens (including phenoxy) is 1. The van der Waals surface area contributed by atoms with Gasteiger partial charge in [-0.3, -0.25) is 0 Å². The fourth-order valence-electron chi connectivity index (χ4n) is 3.63. The lowest BCUT2D eigenvalue weighted by Gasteiger charge is -2.39. The smallest absolute Gasteiger partial charge is 0.334 e. The molecule has 0 aromatic heterocycles. The zero-order chi connectivity index (χ0) is 17.5. The maximum atomic E-state index is 12.3. The first-order valence-corrected chi connectivity index (χ1v) is 8.19. The Labute approximate surface area is 143 Å². The quantitative estimate of drug-likeness (QED) is 0.537. The van der Waals surface area contributed by atoms with Crippen LogP contribution in [0, 0.1) is 0 Å². The van der Waals surface area contributed by atoms with Gasteiger partial charge < -0.3 is 4.74 Å². The normalized spacial score (nSPS) is 22.8. The van der Waals surface area contributed by atoms with Crippen molar-refractivity contribution in [2.45, 2.75) is 33.3 Å². The van der Waals surface area contributed by atoms with E-state index in [0.29, 0.717) is 5.57 Å². The van der Waals surface area contributed by atoms with Gasteiger partial charge in [0, 0.05) is 16.7 Å². The Morgan fingerprint density at radius 1 is 1.12 bits per heavy atom. The van der Waals surface area contributed by atoms with Gasteiger partial charge in [-0.25, -0.2) is 4.79 Å². The Bertz CT molecular complexity index is 909.